The van der Waals surface area contributed by atoms with E-state index in [4.69, 9.17) is 14.7 Å². The number of hydrogen-bond acceptors (Lipinski definition) is 4. The van der Waals surface area contributed by atoms with Crippen molar-refractivity contribution >= 4 is 11.9 Å². The Morgan fingerprint density at radius 3 is 2.70 bits per heavy atom. The van der Waals surface area contributed by atoms with E-state index in [9.17, 15) is 9.18 Å². The third kappa shape index (κ3) is 2.79. The molecule has 1 aliphatic rings. The molecule has 0 saturated carbocycles. The number of nitriles is 1. The van der Waals surface area contributed by atoms with E-state index in [1.165, 1.54) is 12.1 Å². The Hall–Kier alpha value is -3.13. The van der Waals surface area contributed by atoms with Gasteiger partial charge in [0.2, 0.25) is 5.78 Å². The molecule has 0 bridgehead atoms. The maximum atomic E-state index is 12.9. The van der Waals surface area contributed by atoms with Crippen LogP contribution in [0.3, 0.4) is 0 Å². The number of benzene rings is 2. The number of carbonyl (C=O) groups is 1. The largest absolute Gasteiger partial charge is 0.478 e. The third-order valence-corrected chi connectivity index (χ3v) is 3.50. The van der Waals surface area contributed by atoms with Crippen LogP contribution in [-0.2, 0) is 0 Å². The molecular formula is C18H12FNO3. The molecule has 0 N–H and O–H groups in total. The Bertz CT molecular complexity index is 848. The van der Waals surface area contributed by atoms with Crippen molar-refractivity contribution in [1.29, 1.82) is 5.26 Å². The molecule has 0 unspecified atom stereocenters. The van der Waals surface area contributed by atoms with Crippen LogP contribution in [0.2, 0.25) is 0 Å². The van der Waals surface area contributed by atoms with Crippen molar-refractivity contribution in [2.24, 2.45) is 0 Å². The van der Waals surface area contributed by atoms with Gasteiger partial charge in [0.1, 0.15) is 23.4 Å². The van der Waals surface area contributed by atoms with Crippen LogP contribution in [0, 0.1) is 24.1 Å². The zero-order valence-electron chi connectivity index (χ0n) is 12.3. The third-order valence-electron chi connectivity index (χ3n) is 3.50. The van der Waals surface area contributed by atoms with Gasteiger partial charge in [-0.3, -0.25) is 4.79 Å². The van der Waals surface area contributed by atoms with Crippen molar-refractivity contribution in [2.45, 2.75) is 6.92 Å². The van der Waals surface area contributed by atoms with Crippen molar-refractivity contribution in [3.63, 3.8) is 0 Å². The highest BCUT2D eigenvalue weighted by Crippen LogP contribution is 2.39. The van der Waals surface area contributed by atoms with Crippen molar-refractivity contribution in [2.75, 3.05) is 6.61 Å². The number of rotatable bonds is 3. The molecule has 0 spiro atoms. The van der Waals surface area contributed by atoms with Gasteiger partial charge < -0.3 is 9.47 Å². The molecule has 1 aliphatic heterocycles. The lowest BCUT2D eigenvalue weighted by Crippen LogP contribution is -1.98. The zero-order chi connectivity index (χ0) is 16.4. The fraction of sp³-hybridized carbons (Fsp3) is 0.111. The number of halogens is 1. The average molecular weight is 309 g/mol. The number of nitrogens with zero attached hydrogens (tertiary/aromatic N) is 1. The van der Waals surface area contributed by atoms with Crippen LogP contribution in [0.15, 0.2) is 42.2 Å². The summed E-state index contributed by atoms with van der Waals surface area (Å²) in [6.07, 6.45) is 1.57. The Kier molecular flexibility index (Phi) is 3.82. The first-order valence-electron chi connectivity index (χ1n) is 6.93. The lowest BCUT2D eigenvalue weighted by atomic mass is 10.1. The van der Waals surface area contributed by atoms with Gasteiger partial charge in [0, 0.05) is 5.56 Å². The van der Waals surface area contributed by atoms with E-state index in [2.05, 4.69) is 0 Å². The van der Waals surface area contributed by atoms with E-state index in [0.29, 0.717) is 28.2 Å². The summed E-state index contributed by atoms with van der Waals surface area (Å²) < 4.78 is 23.9. The monoisotopic (exact) mass is 309 g/mol. The van der Waals surface area contributed by atoms with Crippen molar-refractivity contribution < 1.29 is 18.7 Å². The Morgan fingerprint density at radius 1 is 1.26 bits per heavy atom. The van der Waals surface area contributed by atoms with Gasteiger partial charge in [-0.2, -0.15) is 5.26 Å². The van der Waals surface area contributed by atoms with Gasteiger partial charge in [0.05, 0.1) is 5.56 Å². The Balaban J connectivity index is 1.94. The SMILES string of the molecule is Cc1c(OCC#N)ccc2c1O/C(=C\c1ccc(F)cc1)C2=O. The highest BCUT2D eigenvalue weighted by Gasteiger charge is 2.30. The first kappa shape index (κ1) is 14.8. The molecule has 114 valence electrons. The zero-order valence-corrected chi connectivity index (χ0v) is 12.3. The average Bonchev–Trinajstić information content (AvgIpc) is 2.86. The second kappa shape index (κ2) is 5.93. The minimum atomic E-state index is -0.343. The van der Waals surface area contributed by atoms with E-state index in [0.717, 1.165) is 0 Å². The molecule has 0 amide bonds. The molecule has 2 aromatic rings. The van der Waals surface area contributed by atoms with Crippen molar-refractivity contribution in [3.05, 3.63) is 64.7 Å². The second-order valence-corrected chi connectivity index (χ2v) is 5.00. The summed E-state index contributed by atoms with van der Waals surface area (Å²) in [7, 11) is 0. The molecule has 0 aromatic heterocycles. The second-order valence-electron chi connectivity index (χ2n) is 5.00. The van der Waals surface area contributed by atoms with Crippen LogP contribution in [0.25, 0.3) is 6.08 Å². The molecular weight excluding hydrogens is 297 g/mol. The van der Waals surface area contributed by atoms with Crippen molar-refractivity contribution in [1.82, 2.24) is 0 Å². The maximum Gasteiger partial charge on any atom is 0.231 e. The van der Waals surface area contributed by atoms with E-state index >= 15 is 0 Å². The molecule has 4 nitrogen and oxygen atoms in total. The minimum absolute atomic E-state index is 0.0775. The van der Waals surface area contributed by atoms with Gasteiger partial charge in [-0.1, -0.05) is 12.1 Å². The molecule has 0 aliphatic carbocycles. The molecule has 0 saturated heterocycles. The van der Waals surface area contributed by atoms with Gasteiger partial charge in [-0.15, -0.1) is 0 Å². The first-order valence-corrected chi connectivity index (χ1v) is 6.93. The lowest BCUT2D eigenvalue weighted by molar-refractivity contribution is 0.101. The van der Waals surface area contributed by atoms with Gasteiger partial charge in [0.25, 0.3) is 0 Å². The van der Waals surface area contributed by atoms with Crippen LogP contribution in [0.1, 0.15) is 21.5 Å². The summed E-state index contributed by atoms with van der Waals surface area (Å²) >= 11 is 0. The number of ether oxygens (including phenoxy) is 2. The van der Waals surface area contributed by atoms with Crippen LogP contribution < -0.4 is 9.47 Å². The summed E-state index contributed by atoms with van der Waals surface area (Å²) in [5.41, 5.74) is 1.77. The van der Waals surface area contributed by atoms with Gasteiger partial charge in [-0.05, 0) is 42.8 Å². The topological polar surface area (TPSA) is 59.3 Å². The van der Waals surface area contributed by atoms with Gasteiger partial charge in [0.15, 0.2) is 12.4 Å². The van der Waals surface area contributed by atoms with Gasteiger partial charge in [-0.25, -0.2) is 4.39 Å². The minimum Gasteiger partial charge on any atom is -0.478 e. The number of ketones is 1. The van der Waals surface area contributed by atoms with Crippen LogP contribution in [-0.4, -0.2) is 12.4 Å². The summed E-state index contributed by atoms with van der Waals surface area (Å²) in [6.45, 7) is 1.69. The van der Waals surface area contributed by atoms with E-state index < -0.39 is 0 Å². The Morgan fingerprint density at radius 2 is 2.00 bits per heavy atom. The molecule has 0 radical (unpaired) electrons. The van der Waals surface area contributed by atoms with E-state index in [1.54, 1.807) is 37.3 Å². The maximum absolute atomic E-state index is 12.9. The first-order chi connectivity index (χ1) is 11.1. The van der Waals surface area contributed by atoms with Crippen LogP contribution >= 0.6 is 0 Å². The predicted octanol–water partition coefficient (Wildman–Crippen LogP) is 3.65. The van der Waals surface area contributed by atoms with Crippen molar-refractivity contribution in [3.8, 4) is 17.6 Å². The molecule has 0 atom stereocenters. The molecule has 23 heavy (non-hydrogen) atoms. The Labute approximate surface area is 132 Å². The normalized spacial score (nSPS) is 14.3. The number of fused-ring (bicyclic) bond motifs is 1. The summed E-state index contributed by atoms with van der Waals surface area (Å²) in [6, 6.07) is 10.9. The molecule has 2 aromatic carbocycles. The number of carbonyl (C=O) groups excluding carboxylic acids is 1. The molecule has 5 heteroatoms. The molecule has 3 rings (SSSR count). The fourth-order valence-corrected chi connectivity index (χ4v) is 2.34. The van der Waals surface area contributed by atoms with Crippen LogP contribution in [0.4, 0.5) is 4.39 Å². The van der Waals surface area contributed by atoms with E-state index in [-0.39, 0.29) is 24.0 Å². The highest BCUT2D eigenvalue weighted by atomic mass is 19.1. The number of Topliss-reactive ketones (excluding diaryl/α,β-unsaturated/α-hetero) is 1. The predicted molar refractivity (Wildman–Crippen MR) is 81.6 cm³/mol. The summed E-state index contributed by atoms with van der Waals surface area (Å²) in [5, 5.41) is 8.58. The summed E-state index contributed by atoms with van der Waals surface area (Å²) in [4.78, 5) is 12.4. The van der Waals surface area contributed by atoms with Crippen LogP contribution in [0.5, 0.6) is 11.5 Å². The number of allylic oxidation sites excluding steroid dienone is 1. The lowest BCUT2D eigenvalue weighted by Gasteiger charge is -2.08. The standard InChI is InChI=1S/C18H12FNO3/c1-11-15(22-9-8-20)7-6-14-17(21)16(23-18(11)14)10-12-2-4-13(19)5-3-12/h2-7,10H,9H2,1H3/b16-10-. The summed E-state index contributed by atoms with van der Waals surface area (Å²) in [5.74, 6) is 0.524. The van der Waals surface area contributed by atoms with E-state index in [1.807, 2.05) is 6.07 Å². The molecule has 0 fully saturated rings. The number of hydrogen-bond donors (Lipinski definition) is 0. The quantitative estimate of drug-likeness (QED) is 0.812. The highest BCUT2D eigenvalue weighted by molar-refractivity contribution is 6.14. The fourth-order valence-electron chi connectivity index (χ4n) is 2.34. The van der Waals surface area contributed by atoms with Gasteiger partial charge >= 0.3 is 0 Å². The molecule has 1 heterocycles. The smallest absolute Gasteiger partial charge is 0.231 e.